The third kappa shape index (κ3) is 1.99. The van der Waals surface area contributed by atoms with Gasteiger partial charge in [-0.1, -0.05) is 22.9 Å². The zero-order chi connectivity index (χ0) is 11.7. The van der Waals surface area contributed by atoms with Crippen molar-refractivity contribution in [3.63, 3.8) is 0 Å². The summed E-state index contributed by atoms with van der Waals surface area (Å²) >= 11 is 7.18. The zero-order valence-electron chi connectivity index (χ0n) is 8.83. The summed E-state index contributed by atoms with van der Waals surface area (Å²) in [5.74, 6) is 0.639. The van der Waals surface area contributed by atoms with E-state index in [1.807, 2.05) is 13.0 Å². The van der Waals surface area contributed by atoms with Crippen molar-refractivity contribution in [3.8, 4) is 17.0 Å². The lowest BCUT2D eigenvalue weighted by Crippen LogP contribution is -1.94. The zero-order valence-corrected chi connectivity index (χ0v) is 10.4. The number of benzene rings is 1. The van der Waals surface area contributed by atoms with Crippen LogP contribution in [-0.4, -0.2) is 12.1 Å². The Kier molecular flexibility index (Phi) is 3.03. The fourth-order valence-corrected chi connectivity index (χ4v) is 2.33. The van der Waals surface area contributed by atoms with E-state index in [-0.39, 0.29) is 4.87 Å². The molecule has 2 aromatic rings. The Morgan fingerprint density at radius 1 is 1.44 bits per heavy atom. The van der Waals surface area contributed by atoms with Gasteiger partial charge < -0.3 is 9.72 Å². The molecule has 1 aromatic heterocycles. The Labute approximate surface area is 102 Å². The first-order valence-corrected chi connectivity index (χ1v) is 5.90. The van der Waals surface area contributed by atoms with E-state index in [0.717, 1.165) is 28.2 Å². The number of hydrogen-bond donors (Lipinski definition) is 1. The molecule has 0 aliphatic heterocycles. The van der Waals surface area contributed by atoms with Crippen LogP contribution in [0.1, 0.15) is 5.56 Å². The van der Waals surface area contributed by atoms with E-state index >= 15 is 0 Å². The molecule has 84 valence electrons. The first-order chi connectivity index (χ1) is 7.61. The van der Waals surface area contributed by atoms with Gasteiger partial charge in [0.05, 0.1) is 17.8 Å². The van der Waals surface area contributed by atoms with Crippen LogP contribution < -0.4 is 9.61 Å². The summed E-state index contributed by atoms with van der Waals surface area (Å²) in [6.07, 6.45) is 0. The van der Waals surface area contributed by atoms with Gasteiger partial charge in [0, 0.05) is 10.9 Å². The van der Waals surface area contributed by atoms with Gasteiger partial charge in [0.15, 0.2) is 0 Å². The smallest absolute Gasteiger partial charge is 0.304 e. The minimum atomic E-state index is -0.0682. The lowest BCUT2D eigenvalue weighted by Gasteiger charge is -2.08. The standard InChI is InChI=1S/C11H10ClNO2S/c1-6-3-10(15-2)8(12)4-7(6)9-5-16-11(14)13-9/h3-5H,1-2H3,(H,13,14). The average Bonchev–Trinajstić information content (AvgIpc) is 2.67. The van der Waals surface area contributed by atoms with Crippen LogP contribution in [0.5, 0.6) is 5.75 Å². The summed E-state index contributed by atoms with van der Waals surface area (Å²) in [5, 5.41) is 2.32. The minimum Gasteiger partial charge on any atom is -0.495 e. The Hall–Kier alpha value is -1.26. The van der Waals surface area contributed by atoms with E-state index < -0.39 is 0 Å². The van der Waals surface area contributed by atoms with Gasteiger partial charge in [0.1, 0.15) is 5.75 Å². The van der Waals surface area contributed by atoms with Gasteiger partial charge in [-0.05, 0) is 24.6 Å². The number of ether oxygens (including phenoxy) is 1. The molecule has 0 saturated heterocycles. The number of halogens is 1. The molecule has 1 heterocycles. The molecule has 0 fully saturated rings. The highest BCUT2D eigenvalue weighted by atomic mass is 35.5. The monoisotopic (exact) mass is 255 g/mol. The maximum Gasteiger partial charge on any atom is 0.304 e. The Morgan fingerprint density at radius 2 is 2.19 bits per heavy atom. The average molecular weight is 256 g/mol. The molecule has 3 nitrogen and oxygen atoms in total. The quantitative estimate of drug-likeness (QED) is 0.896. The van der Waals surface area contributed by atoms with Gasteiger partial charge in [0.2, 0.25) is 0 Å². The molecule has 0 aliphatic carbocycles. The molecule has 0 spiro atoms. The van der Waals surface area contributed by atoms with Gasteiger partial charge >= 0.3 is 4.87 Å². The van der Waals surface area contributed by atoms with E-state index in [2.05, 4.69) is 4.98 Å². The largest absolute Gasteiger partial charge is 0.495 e. The van der Waals surface area contributed by atoms with E-state index in [4.69, 9.17) is 16.3 Å². The molecule has 0 unspecified atom stereocenters. The molecule has 1 aromatic carbocycles. The maximum atomic E-state index is 11.1. The number of thiazole rings is 1. The maximum absolute atomic E-state index is 11.1. The summed E-state index contributed by atoms with van der Waals surface area (Å²) in [6.45, 7) is 1.95. The van der Waals surface area contributed by atoms with E-state index in [0.29, 0.717) is 10.8 Å². The number of nitrogens with one attached hydrogen (secondary N) is 1. The van der Waals surface area contributed by atoms with Gasteiger partial charge in [-0.2, -0.15) is 0 Å². The Morgan fingerprint density at radius 3 is 2.75 bits per heavy atom. The highest BCUT2D eigenvalue weighted by Gasteiger charge is 2.09. The lowest BCUT2D eigenvalue weighted by atomic mass is 10.1. The SMILES string of the molecule is COc1cc(C)c(-c2csc(=O)[nH]2)cc1Cl. The summed E-state index contributed by atoms with van der Waals surface area (Å²) < 4.78 is 5.12. The van der Waals surface area contributed by atoms with Crippen molar-refractivity contribution in [1.29, 1.82) is 0 Å². The molecular formula is C11H10ClNO2S. The van der Waals surface area contributed by atoms with Crippen molar-refractivity contribution in [1.82, 2.24) is 4.98 Å². The number of aromatic nitrogens is 1. The molecule has 0 saturated carbocycles. The Balaban J connectivity index is 2.58. The lowest BCUT2D eigenvalue weighted by molar-refractivity contribution is 0.415. The molecule has 0 amide bonds. The summed E-state index contributed by atoms with van der Waals surface area (Å²) in [4.78, 5) is 13.8. The second-order valence-corrected chi connectivity index (χ2v) is 4.61. The predicted octanol–water partition coefficient (Wildman–Crippen LogP) is 3.07. The molecule has 16 heavy (non-hydrogen) atoms. The van der Waals surface area contributed by atoms with Gasteiger partial charge in [-0.25, -0.2) is 0 Å². The topological polar surface area (TPSA) is 42.1 Å². The van der Waals surface area contributed by atoms with E-state index in [1.54, 1.807) is 18.6 Å². The minimum absolute atomic E-state index is 0.0682. The van der Waals surface area contributed by atoms with Crippen LogP contribution in [0.2, 0.25) is 5.02 Å². The number of hydrogen-bond acceptors (Lipinski definition) is 3. The number of aromatic amines is 1. The third-order valence-corrected chi connectivity index (χ3v) is 3.27. The summed E-state index contributed by atoms with van der Waals surface area (Å²) in [7, 11) is 1.58. The molecule has 0 aliphatic rings. The fourth-order valence-electron chi connectivity index (χ4n) is 1.51. The van der Waals surface area contributed by atoms with Gasteiger partial charge in [-0.3, -0.25) is 4.79 Å². The van der Waals surface area contributed by atoms with Crippen LogP contribution in [0.25, 0.3) is 11.3 Å². The summed E-state index contributed by atoms with van der Waals surface area (Å²) in [5.41, 5.74) is 2.72. The predicted molar refractivity (Wildman–Crippen MR) is 66.7 cm³/mol. The molecule has 5 heteroatoms. The van der Waals surface area contributed by atoms with Crippen molar-refractivity contribution < 1.29 is 4.74 Å². The van der Waals surface area contributed by atoms with Crippen molar-refractivity contribution in [2.75, 3.05) is 7.11 Å². The van der Waals surface area contributed by atoms with Crippen LogP contribution in [0.4, 0.5) is 0 Å². The van der Waals surface area contributed by atoms with E-state index in [9.17, 15) is 4.79 Å². The highest BCUT2D eigenvalue weighted by molar-refractivity contribution is 7.07. The second kappa shape index (κ2) is 4.31. The highest BCUT2D eigenvalue weighted by Crippen LogP contribution is 2.32. The molecule has 1 N–H and O–H groups in total. The van der Waals surface area contributed by atoms with Crippen LogP contribution in [-0.2, 0) is 0 Å². The first kappa shape index (κ1) is 11.2. The van der Waals surface area contributed by atoms with Crippen LogP contribution in [0, 0.1) is 6.92 Å². The molecular weight excluding hydrogens is 246 g/mol. The first-order valence-electron chi connectivity index (χ1n) is 4.64. The van der Waals surface area contributed by atoms with Crippen LogP contribution in [0.15, 0.2) is 22.3 Å². The van der Waals surface area contributed by atoms with E-state index in [1.165, 1.54) is 0 Å². The van der Waals surface area contributed by atoms with Crippen molar-refractivity contribution >= 4 is 22.9 Å². The molecule has 0 radical (unpaired) electrons. The van der Waals surface area contributed by atoms with Crippen LogP contribution in [0.3, 0.4) is 0 Å². The second-order valence-electron chi connectivity index (χ2n) is 3.36. The molecule has 2 rings (SSSR count). The number of rotatable bonds is 2. The third-order valence-electron chi connectivity index (χ3n) is 2.31. The van der Waals surface area contributed by atoms with Crippen molar-refractivity contribution in [3.05, 3.63) is 37.8 Å². The normalized spacial score (nSPS) is 10.4. The number of H-pyrrole nitrogens is 1. The molecule has 0 bridgehead atoms. The molecule has 0 atom stereocenters. The van der Waals surface area contributed by atoms with Crippen molar-refractivity contribution in [2.45, 2.75) is 6.92 Å². The Bertz CT molecular complexity index is 574. The summed E-state index contributed by atoms with van der Waals surface area (Å²) in [6, 6.07) is 3.65. The van der Waals surface area contributed by atoms with Gasteiger partial charge in [0.25, 0.3) is 0 Å². The van der Waals surface area contributed by atoms with Crippen LogP contribution >= 0.6 is 22.9 Å². The van der Waals surface area contributed by atoms with Crippen molar-refractivity contribution in [2.24, 2.45) is 0 Å². The van der Waals surface area contributed by atoms with Gasteiger partial charge in [-0.15, -0.1) is 0 Å². The number of methoxy groups -OCH3 is 1. The number of aryl methyl sites for hydroxylation is 1. The fraction of sp³-hybridized carbons (Fsp3) is 0.182.